The highest BCUT2D eigenvalue weighted by atomic mass is 79.9. The number of pyridine rings is 1. The van der Waals surface area contributed by atoms with E-state index in [0.717, 1.165) is 40.5 Å². The number of nitrogens with one attached hydrogen (secondary N) is 1. The Morgan fingerprint density at radius 3 is 2.56 bits per heavy atom. The number of hydrogen-bond acceptors (Lipinski definition) is 3. The maximum Gasteiger partial charge on any atom is 0.170 e. The van der Waals surface area contributed by atoms with Gasteiger partial charge in [-0.15, -0.1) is 0 Å². The zero-order valence-corrected chi connectivity index (χ0v) is 21.4. The van der Waals surface area contributed by atoms with E-state index in [-0.39, 0.29) is 12.1 Å². The predicted octanol–water partition coefficient (Wildman–Crippen LogP) is 5.18. The first kappa shape index (κ1) is 23.0. The molecule has 1 aromatic carbocycles. The molecule has 1 fully saturated rings. The highest BCUT2D eigenvalue weighted by Gasteiger charge is 2.41. The van der Waals surface area contributed by atoms with Crippen LogP contribution in [0.3, 0.4) is 0 Å². The van der Waals surface area contributed by atoms with Crippen molar-refractivity contribution < 1.29 is 0 Å². The van der Waals surface area contributed by atoms with Gasteiger partial charge in [-0.1, -0.05) is 18.2 Å². The molecule has 5 nitrogen and oxygen atoms in total. The Labute approximate surface area is 204 Å². The van der Waals surface area contributed by atoms with Gasteiger partial charge >= 0.3 is 0 Å². The molecule has 3 aromatic rings. The molecule has 2 atom stereocenters. The minimum absolute atomic E-state index is 0.0104. The zero-order chi connectivity index (χ0) is 22.8. The molecule has 0 aliphatic carbocycles. The monoisotopic (exact) mass is 511 g/mol. The van der Waals surface area contributed by atoms with Crippen molar-refractivity contribution in [1.82, 2.24) is 24.7 Å². The van der Waals surface area contributed by atoms with Gasteiger partial charge in [-0.2, -0.15) is 0 Å². The zero-order valence-electron chi connectivity index (χ0n) is 19.0. The van der Waals surface area contributed by atoms with E-state index in [1.807, 2.05) is 24.4 Å². The molecule has 0 bridgehead atoms. The molecule has 1 N–H and O–H groups in total. The molecule has 2 unspecified atom stereocenters. The molecule has 32 heavy (non-hydrogen) atoms. The Balaban J connectivity index is 1.78. The highest BCUT2D eigenvalue weighted by Crippen LogP contribution is 2.41. The summed E-state index contributed by atoms with van der Waals surface area (Å²) in [4.78, 5) is 9.24. The molecule has 0 saturated carbocycles. The molecule has 4 rings (SSSR count). The van der Waals surface area contributed by atoms with Gasteiger partial charge in [0.05, 0.1) is 23.5 Å². The number of nitrogens with zero attached hydrogens (tertiary/aromatic N) is 4. The minimum atomic E-state index is 0.0104. The van der Waals surface area contributed by atoms with Gasteiger partial charge in [0.2, 0.25) is 0 Å². The average molecular weight is 513 g/mol. The normalized spacial score (nSPS) is 18.4. The molecule has 1 aliphatic heterocycles. The molecule has 1 saturated heterocycles. The van der Waals surface area contributed by atoms with Crippen LogP contribution in [0.5, 0.6) is 0 Å². The number of aryl methyl sites for hydroxylation is 1. The van der Waals surface area contributed by atoms with Crippen molar-refractivity contribution >= 4 is 33.3 Å². The smallest absolute Gasteiger partial charge is 0.170 e. The Bertz CT molecular complexity index is 1090. The summed E-state index contributed by atoms with van der Waals surface area (Å²) in [5.41, 5.74) is 5.88. The number of rotatable bonds is 7. The molecule has 7 heteroatoms. The van der Waals surface area contributed by atoms with Crippen molar-refractivity contribution in [3.8, 4) is 5.69 Å². The Kier molecular flexibility index (Phi) is 6.98. The summed E-state index contributed by atoms with van der Waals surface area (Å²) in [6.45, 7) is 6.30. The highest BCUT2D eigenvalue weighted by molar-refractivity contribution is 9.10. The summed E-state index contributed by atoms with van der Waals surface area (Å²) in [5.74, 6) is 0. The van der Waals surface area contributed by atoms with Crippen LogP contribution in [0, 0.1) is 13.8 Å². The third-order valence-corrected chi connectivity index (χ3v) is 7.11. The van der Waals surface area contributed by atoms with Crippen LogP contribution in [-0.2, 0) is 0 Å². The van der Waals surface area contributed by atoms with Crippen LogP contribution in [0.1, 0.15) is 41.1 Å². The van der Waals surface area contributed by atoms with E-state index < -0.39 is 0 Å². The van der Waals surface area contributed by atoms with Gasteiger partial charge in [0, 0.05) is 28.6 Å². The summed E-state index contributed by atoms with van der Waals surface area (Å²) in [6, 6.07) is 16.9. The lowest BCUT2D eigenvalue weighted by atomic mass is 9.96. The van der Waals surface area contributed by atoms with E-state index in [2.05, 4.69) is 98.9 Å². The minimum Gasteiger partial charge on any atom is -0.352 e. The van der Waals surface area contributed by atoms with E-state index in [0.29, 0.717) is 0 Å². The van der Waals surface area contributed by atoms with Gasteiger partial charge in [-0.25, -0.2) is 0 Å². The van der Waals surface area contributed by atoms with Gasteiger partial charge in [0.1, 0.15) is 0 Å². The molecule has 0 radical (unpaired) electrons. The van der Waals surface area contributed by atoms with Crippen LogP contribution in [-0.4, -0.2) is 51.6 Å². The van der Waals surface area contributed by atoms with Gasteiger partial charge in [0.25, 0.3) is 0 Å². The van der Waals surface area contributed by atoms with Crippen molar-refractivity contribution in [1.29, 1.82) is 0 Å². The second-order valence-electron chi connectivity index (χ2n) is 8.59. The summed E-state index contributed by atoms with van der Waals surface area (Å²) >= 11 is 9.56. The van der Waals surface area contributed by atoms with Gasteiger partial charge in [0.15, 0.2) is 5.11 Å². The third-order valence-electron chi connectivity index (χ3n) is 6.08. The fraction of sp³-hybridized carbons (Fsp3) is 0.360. The van der Waals surface area contributed by atoms with Crippen molar-refractivity contribution in [2.45, 2.75) is 32.4 Å². The number of aromatic nitrogens is 2. The van der Waals surface area contributed by atoms with Crippen LogP contribution in [0.25, 0.3) is 5.69 Å². The number of halogens is 1. The maximum atomic E-state index is 5.83. The SMILES string of the molecule is Cc1cc(C2C(c3ccccn3)NC(=S)N2CCCN(C)C)c(C)n1-c1ccccc1Br. The molecule has 1 aliphatic rings. The lowest BCUT2D eigenvalue weighted by molar-refractivity contribution is 0.292. The summed E-state index contributed by atoms with van der Waals surface area (Å²) in [5, 5.41) is 4.38. The van der Waals surface area contributed by atoms with Gasteiger partial charge < -0.3 is 19.7 Å². The van der Waals surface area contributed by atoms with E-state index >= 15 is 0 Å². The van der Waals surface area contributed by atoms with Gasteiger partial charge in [-0.3, -0.25) is 4.98 Å². The molecule has 3 heterocycles. The second kappa shape index (κ2) is 9.73. The average Bonchev–Trinajstić information content (AvgIpc) is 3.24. The quantitative estimate of drug-likeness (QED) is 0.442. The second-order valence-corrected chi connectivity index (χ2v) is 9.83. The van der Waals surface area contributed by atoms with Crippen molar-refractivity contribution in [2.75, 3.05) is 27.2 Å². The van der Waals surface area contributed by atoms with Crippen LogP contribution in [0.2, 0.25) is 0 Å². The largest absolute Gasteiger partial charge is 0.352 e. The first-order valence-electron chi connectivity index (χ1n) is 10.9. The number of para-hydroxylation sites is 1. The van der Waals surface area contributed by atoms with E-state index in [1.54, 1.807) is 0 Å². The first-order valence-corrected chi connectivity index (χ1v) is 12.1. The van der Waals surface area contributed by atoms with Crippen molar-refractivity contribution in [2.24, 2.45) is 0 Å². The maximum absolute atomic E-state index is 5.83. The van der Waals surface area contributed by atoms with Crippen molar-refractivity contribution in [3.63, 3.8) is 0 Å². The fourth-order valence-corrected chi connectivity index (χ4v) is 5.43. The Morgan fingerprint density at radius 1 is 1.12 bits per heavy atom. The van der Waals surface area contributed by atoms with E-state index in [4.69, 9.17) is 12.2 Å². The number of hydrogen-bond donors (Lipinski definition) is 1. The number of benzene rings is 1. The van der Waals surface area contributed by atoms with Crippen LogP contribution in [0.4, 0.5) is 0 Å². The van der Waals surface area contributed by atoms with Crippen LogP contribution < -0.4 is 5.32 Å². The van der Waals surface area contributed by atoms with Crippen LogP contribution >= 0.6 is 28.1 Å². The Morgan fingerprint density at radius 2 is 1.88 bits per heavy atom. The lowest BCUT2D eigenvalue weighted by Gasteiger charge is -2.28. The molecular formula is C25H30BrN5S. The third kappa shape index (κ3) is 4.47. The summed E-state index contributed by atoms with van der Waals surface area (Å²) in [7, 11) is 4.22. The predicted molar refractivity (Wildman–Crippen MR) is 138 cm³/mol. The molecule has 2 aromatic heterocycles. The van der Waals surface area contributed by atoms with Crippen molar-refractivity contribution in [3.05, 3.63) is 81.8 Å². The standard InChI is InChI=1S/C25H30BrN5S/c1-17-16-19(18(2)31(17)22-12-6-5-10-20(22)26)24-23(21-11-7-8-13-27-21)28-25(32)30(24)15-9-14-29(3)4/h5-8,10-13,16,23-24H,9,14-15H2,1-4H3,(H,28,32). The van der Waals surface area contributed by atoms with E-state index in [9.17, 15) is 0 Å². The lowest BCUT2D eigenvalue weighted by Crippen LogP contribution is -2.32. The fourth-order valence-electron chi connectivity index (χ4n) is 4.63. The molecule has 0 spiro atoms. The topological polar surface area (TPSA) is 36.3 Å². The van der Waals surface area contributed by atoms with Gasteiger partial charge in [-0.05, 0) is 105 Å². The summed E-state index contributed by atoms with van der Waals surface area (Å²) in [6.07, 6.45) is 2.90. The molecule has 0 amide bonds. The first-order chi connectivity index (χ1) is 15.4. The molecule has 168 valence electrons. The number of thiocarbonyl (C=S) groups is 1. The van der Waals surface area contributed by atoms with E-state index in [1.165, 1.54) is 17.0 Å². The van der Waals surface area contributed by atoms with Crippen LogP contribution in [0.15, 0.2) is 59.2 Å². The Hall–Kier alpha value is -2.22. The molecular weight excluding hydrogens is 482 g/mol. The summed E-state index contributed by atoms with van der Waals surface area (Å²) < 4.78 is 3.41.